The van der Waals surface area contributed by atoms with Crippen LogP contribution >= 0.6 is 0 Å². The maximum Gasteiger partial charge on any atom is 0.0346 e. The Hall–Kier alpha value is -2.15. The average Bonchev–Trinajstić information content (AvgIpc) is 2.33. The average molecular weight is 205 g/mol. The second kappa shape index (κ2) is 3.78. The predicted molar refractivity (Wildman–Crippen MR) is 68.5 cm³/mol. The van der Waals surface area contributed by atoms with Crippen LogP contribution in [0.4, 0.5) is 0 Å². The van der Waals surface area contributed by atoms with E-state index in [2.05, 4.69) is 47.5 Å². The lowest BCUT2D eigenvalue weighted by molar-refractivity contribution is 1.52. The van der Waals surface area contributed by atoms with Crippen LogP contribution in [0, 0.1) is 0 Å². The zero-order chi connectivity index (χ0) is 10.8. The molecular weight excluding hydrogens is 194 g/mol. The van der Waals surface area contributed by atoms with Gasteiger partial charge in [0.15, 0.2) is 0 Å². The first-order valence-corrected chi connectivity index (χ1v) is 5.33. The first-order chi connectivity index (χ1) is 7.95. The second-order valence-corrected chi connectivity index (χ2v) is 3.77. The van der Waals surface area contributed by atoms with Gasteiger partial charge in [0.1, 0.15) is 0 Å². The predicted octanol–water partition coefficient (Wildman–Crippen LogP) is 3.76. The van der Waals surface area contributed by atoms with Gasteiger partial charge in [-0.05, 0) is 22.8 Å². The lowest BCUT2D eigenvalue weighted by Crippen LogP contribution is -1.91. The smallest absolute Gasteiger partial charge is 0.0346 e. The molecule has 0 amide bonds. The Balaban J connectivity index is 2.34. The van der Waals surface area contributed by atoms with Gasteiger partial charge in [-0.2, -0.15) is 0 Å². The minimum absolute atomic E-state index is 1.17. The summed E-state index contributed by atoms with van der Waals surface area (Å²) in [5.74, 6) is 0. The van der Waals surface area contributed by atoms with E-state index in [1.54, 1.807) is 0 Å². The van der Waals surface area contributed by atoms with Gasteiger partial charge in [0.2, 0.25) is 0 Å². The lowest BCUT2D eigenvalue weighted by atomic mass is 9.95. The molecule has 1 nitrogen and oxygen atoms in total. The van der Waals surface area contributed by atoms with Crippen molar-refractivity contribution in [1.29, 1.82) is 0 Å². The molecule has 0 unspecified atom stereocenters. The van der Waals surface area contributed by atoms with Crippen LogP contribution in [0.2, 0.25) is 0 Å². The normalized spacial score (nSPS) is 14.5. The Morgan fingerprint density at radius 1 is 0.688 bits per heavy atom. The molecule has 1 heterocycles. The van der Waals surface area contributed by atoms with Crippen LogP contribution in [0.25, 0.3) is 17.2 Å². The highest BCUT2D eigenvalue weighted by Gasteiger charge is 2.06. The van der Waals surface area contributed by atoms with E-state index in [9.17, 15) is 0 Å². The zero-order valence-electron chi connectivity index (χ0n) is 8.80. The van der Waals surface area contributed by atoms with Crippen molar-refractivity contribution >= 4 is 12.3 Å². The molecule has 2 aromatic carbocycles. The number of fused-ring (bicyclic) bond motifs is 3. The topological polar surface area (TPSA) is 12.4 Å². The number of rotatable bonds is 0. The molecule has 0 aliphatic carbocycles. The molecule has 1 aliphatic heterocycles. The van der Waals surface area contributed by atoms with E-state index in [1.807, 2.05) is 24.6 Å². The number of hydrogen-bond donors (Lipinski definition) is 0. The van der Waals surface area contributed by atoms with E-state index in [0.29, 0.717) is 0 Å². The Labute approximate surface area is 94.8 Å². The maximum absolute atomic E-state index is 4.27. The fourth-order valence-corrected chi connectivity index (χ4v) is 1.99. The third-order valence-electron chi connectivity index (χ3n) is 2.77. The summed E-state index contributed by atoms with van der Waals surface area (Å²) >= 11 is 0. The lowest BCUT2D eigenvalue weighted by Gasteiger charge is -2.10. The Kier molecular flexibility index (Phi) is 2.15. The number of hydrogen-bond acceptors (Lipinski definition) is 1. The van der Waals surface area contributed by atoms with Crippen molar-refractivity contribution in [2.45, 2.75) is 0 Å². The number of nitrogens with zero attached hydrogens (tertiary/aromatic N) is 1. The van der Waals surface area contributed by atoms with E-state index >= 15 is 0 Å². The summed E-state index contributed by atoms with van der Waals surface area (Å²) in [5, 5.41) is 0. The first-order valence-electron chi connectivity index (χ1n) is 5.33. The van der Waals surface area contributed by atoms with E-state index in [4.69, 9.17) is 0 Å². The Bertz CT molecular complexity index is 526. The molecule has 76 valence electrons. The van der Waals surface area contributed by atoms with Crippen molar-refractivity contribution in [3.63, 3.8) is 0 Å². The molecule has 0 saturated carbocycles. The van der Waals surface area contributed by atoms with Gasteiger partial charge in [0, 0.05) is 18.0 Å². The molecule has 1 heteroatoms. The standard InChI is InChI=1S/C15H11N/c1-3-7-14-12(5-1)9-10-16-11-13-6-2-4-8-15(13)14/h1-11H/b10-9-,12-9?,13-11?,15-14?,16-10?,16-11?. The van der Waals surface area contributed by atoms with Gasteiger partial charge in [0.25, 0.3) is 0 Å². The Morgan fingerprint density at radius 2 is 1.31 bits per heavy atom. The van der Waals surface area contributed by atoms with E-state index < -0.39 is 0 Å². The summed E-state index contributed by atoms with van der Waals surface area (Å²) in [7, 11) is 0. The monoisotopic (exact) mass is 205 g/mol. The van der Waals surface area contributed by atoms with Crippen LogP contribution in [0.15, 0.2) is 59.7 Å². The molecule has 0 fully saturated rings. The van der Waals surface area contributed by atoms with Gasteiger partial charge in [0.05, 0.1) is 0 Å². The summed E-state index contributed by atoms with van der Waals surface area (Å²) in [6.07, 6.45) is 5.79. The van der Waals surface area contributed by atoms with Crippen molar-refractivity contribution in [3.8, 4) is 11.1 Å². The fraction of sp³-hybridized carbons (Fsp3) is 0. The molecule has 0 atom stereocenters. The zero-order valence-corrected chi connectivity index (χ0v) is 8.80. The molecular formula is C15H11N. The molecule has 0 bridgehead atoms. The summed E-state index contributed by atoms with van der Waals surface area (Å²) in [4.78, 5) is 4.27. The molecule has 1 aliphatic rings. The molecule has 0 N–H and O–H groups in total. The molecule has 0 saturated heterocycles. The van der Waals surface area contributed by atoms with Crippen LogP contribution < -0.4 is 0 Å². The van der Waals surface area contributed by atoms with Crippen molar-refractivity contribution in [1.82, 2.24) is 0 Å². The van der Waals surface area contributed by atoms with Gasteiger partial charge in [-0.3, -0.25) is 4.99 Å². The van der Waals surface area contributed by atoms with Crippen molar-refractivity contribution < 1.29 is 0 Å². The minimum Gasteiger partial charge on any atom is -0.264 e. The largest absolute Gasteiger partial charge is 0.264 e. The summed E-state index contributed by atoms with van der Waals surface area (Å²) in [6, 6.07) is 16.7. The molecule has 3 rings (SSSR count). The number of benzene rings is 2. The highest BCUT2D eigenvalue weighted by Crippen LogP contribution is 2.28. The van der Waals surface area contributed by atoms with Crippen LogP contribution in [-0.4, -0.2) is 6.21 Å². The highest BCUT2D eigenvalue weighted by molar-refractivity contribution is 5.93. The molecule has 0 radical (unpaired) electrons. The van der Waals surface area contributed by atoms with Gasteiger partial charge >= 0.3 is 0 Å². The van der Waals surface area contributed by atoms with Crippen molar-refractivity contribution in [2.75, 3.05) is 0 Å². The summed E-state index contributed by atoms with van der Waals surface area (Å²) < 4.78 is 0. The van der Waals surface area contributed by atoms with Gasteiger partial charge in [-0.25, -0.2) is 0 Å². The molecule has 0 spiro atoms. The van der Waals surface area contributed by atoms with Crippen LogP contribution in [0.5, 0.6) is 0 Å². The molecule has 2 aromatic rings. The first kappa shape index (κ1) is 9.10. The van der Waals surface area contributed by atoms with Crippen molar-refractivity contribution in [2.24, 2.45) is 4.99 Å². The van der Waals surface area contributed by atoms with Crippen LogP contribution in [0.3, 0.4) is 0 Å². The van der Waals surface area contributed by atoms with E-state index in [1.165, 1.54) is 22.3 Å². The second-order valence-electron chi connectivity index (χ2n) is 3.77. The van der Waals surface area contributed by atoms with Gasteiger partial charge < -0.3 is 0 Å². The Morgan fingerprint density at radius 3 is 2.12 bits per heavy atom. The van der Waals surface area contributed by atoms with Crippen LogP contribution in [0.1, 0.15) is 11.1 Å². The summed E-state index contributed by atoms with van der Waals surface area (Å²) in [6.45, 7) is 0. The minimum atomic E-state index is 1.17. The SMILES string of the molecule is C1=N/C=C\c2ccccc2-c2ccccc21. The van der Waals surface area contributed by atoms with Crippen LogP contribution in [-0.2, 0) is 0 Å². The molecule has 0 aromatic heterocycles. The van der Waals surface area contributed by atoms with E-state index in [0.717, 1.165) is 0 Å². The van der Waals surface area contributed by atoms with Gasteiger partial charge in [-0.1, -0.05) is 48.5 Å². The number of aliphatic imine (C=N–C) groups is 1. The van der Waals surface area contributed by atoms with Gasteiger partial charge in [-0.15, -0.1) is 0 Å². The third kappa shape index (κ3) is 1.47. The third-order valence-corrected chi connectivity index (χ3v) is 2.77. The highest BCUT2D eigenvalue weighted by atomic mass is 14.7. The maximum atomic E-state index is 4.27. The quantitative estimate of drug-likeness (QED) is 0.621. The molecule has 16 heavy (non-hydrogen) atoms. The fourth-order valence-electron chi connectivity index (χ4n) is 1.99. The summed E-state index contributed by atoms with van der Waals surface area (Å²) in [5.41, 5.74) is 4.89. The van der Waals surface area contributed by atoms with Crippen molar-refractivity contribution in [3.05, 3.63) is 65.9 Å². The van der Waals surface area contributed by atoms with E-state index in [-0.39, 0.29) is 0 Å².